The average Bonchev–Trinajstić information content (AvgIpc) is 2.16. The monoisotopic (exact) mass is 292 g/mol. The van der Waals surface area contributed by atoms with Gasteiger partial charge in [0.15, 0.2) is 0 Å². The highest BCUT2D eigenvalue weighted by atomic mass is 79.9. The normalized spacial score (nSPS) is 12.9. The van der Waals surface area contributed by atoms with Gasteiger partial charge in [-0.25, -0.2) is 4.98 Å². The molecule has 0 spiro atoms. The molecule has 1 aromatic rings. The molecule has 2 N–H and O–H groups in total. The van der Waals surface area contributed by atoms with E-state index in [1.807, 2.05) is 13.8 Å². The van der Waals surface area contributed by atoms with E-state index in [4.69, 9.17) is 16.7 Å². The van der Waals surface area contributed by atoms with E-state index in [0.717, 1.165) is 4.47 Å². The molecule has 0 aromatic carbocycles. The smallest absolute Gasteiger partial charge is 0.145 e. The lowest BCUT2D eigenvalue weighted by atomic mass is 10.1. The SMILES string of the molecule is CC(C)C(CO)Nc1ncc(Br)cc1Cl. The predicted octanol–water partition coefficient (Wildman–Crippen LogP) is 2.93. The van der Waals surface area contributed by atoms with Gasteiger partial charge in [-0.3, -0.25) is 0 Å². The molecule has 1 aromatic heterocycles. The van der Waals surface area contributed by atoms with E-state index in [0.29, 0.717) is 16.8 Å². The zero-order chi connectivity index (χ0) is 11.4. The first-order valence-corrected chi connectivity index (χ1v) is 5.90. The van der Waals surface area contributed by atoms with Crippen LogP contribution in [0.15, 0.2) is 16.7 Å². The second-order valence-electron chi connectivity index (χ2n) is 3.66. The van der Waals surface area contributed by atoms with Gasteiger partial charge in [-0.05, 0) is 27.9 Å². The van der Waals surface area contributed by atoms with Crippen molar-refractivity contribution in [2.45, 2.75) is 19.9 Å². The van der Waals surface area contributed by atoms with Gasteiger partial charge in [-0.15, -0.1) is 0 Å². The number of aromatic nitrogens is 1. The molecule has 15 heavy (non-hydrogen) atoms. The minimum absolute atomic E-state index is 0.0313. The maximum absolute atomic E-state index is 9.16. The molecule has 0 radical (unpaired) electrons. The van der Waals surface area contributed by atoms with Crippen molar-refractivity contribution in [1.29, 1.82) is 0 Å². The minimum Gasteiger partial charge on any atom is -0.394 e. The van der Waals surface area contributed by atoms with Crippen molar-refractivity contribution < 1.29 is 5.11 Å². The lowest BCUT2D eigenvalue weighted by Crippen LogP contribution is -2.29. The number of aliphatic hydroxyl groups excluding tert-OH is 1. The summed E-state index contributed by atoms with van der Waals surface area (Å²) < 4.78 is 0.836. The third kappa shape index (κ3) is 3.63. The fourth-order valence-corrected chi connectivity index (χ4v) is 1.80. The number of rotatable bonds is 4. The van der Waals surface area contributed by atoms with E-state index in [9.17, 15) is 0 Å². The van der Waals surface area contributed by atoms with Crippen LogP contribution in [0.5, 0.6) is 0 Å². The van der Waals surface area contributed by atoms with Gasteiger partial charge in [0.05, 0.1) is 17.7 Å². The van der Waals surface area contributed by atoms with Crippen molar-refractivity contribution in [3.8, 4) is 0 Å². The standard InChI is InChI=1S/C10H14BrClN2O/c1-6(2)9(5-15)14-10-8(12)3-7(11)4-13-10/h3-4,6,9,15H,5H2,1-2H3,(H,13,14). The molecule has 84 valence electrons. The van der Waals surface area contributed by atoms with Gasteiger partial charge in [-0.1, -0.05) is 25.4 Å². The Hall–Kier alpha value is -0.320. The molecule has 0 saturated carbocycles. The summed E-state index contributed by atoms with van der Waals surface area (Å²) in [4.78, 5) is 4.15. The molecule has 0 amide bonds. The summed E-state index contributed by atoms with van der Waals surface area (Å²) in [5.74, 6) is 0.920. The van der Waals surface area contributed by atoms with Crippen LogP contribution in [0.2, 0.25) is 5.02 Å². The van der Waals surface area contributed by atoms with Gasteiger partial charge in [0.1, 0.15) is 5.82 Å². The molecular weight excluding hydrogens is 279 g/mol. The van der Waals surface area contributed by atoms with Crippen LogP contribution in [0.4, 0.5) is 5.82 Å². The van der Waals surface area contributed by atoms with Gasteiger partial charge in [0.2, 0.25) is 0 Å². The first kappa shape index (κ1) is 12.7. The van der Waals surface area contributed by atoms with E-state index in [2.05, 4.69) is 26.2 Å². The highest BCUT2D eigenvalue weighted by Crippen LogP contribution is 2.24. The van der Waals surface area contributed by atoms with Crippen molar-refractivity contribution in [1.82, 2.24) is 4.98 Å². The zero-order valence-electron chi connectivity index (χ0n) is 8.67. The van der Waals surface area contributed by atoms with Gasteiger partial charge >= 0.3 is 0 Å². The van der Waals surface area contributed by atoms with E-state index < -0.39 is 0 Å². The topological polar surface area (TPSA) is 45.1 Å². The molecule has 0 bridgehead atoms. The summed E-state index contributed by atoms with van der Waals surface area (Å²) in [5.41, 5.74) is 0. The predicted molar refractivity (Wildman–Crippen MR) is 66.3 cm³/mol. The molecule has 5 heteroatoms. The Morgan fingerprint density at radius 2 is 2.27 bits per heavy atom. The molecular formula is C10H14BrClN2O. The van der Waals surface area contributed by atoms with Crippen LogP contribution in [-0.2, 0) is 0 Å². The summed E-state index contributed by atoms with van der Waals surface area (Å²) in [6, 6.07) is 1.74. The third-order valence-electron chi connectivity index (χ3n) is 2.13. The first-order valence-electron chi connectivity index (χ1n) is 4.73. The highest BCUT2D eigenvalue weighted by Gasteiger charge is 2.13. The Morgan fingerprint density at radius 3 is 2.73 bits per heavy atom. The number of pyridine rings is 1. The number of nitrogens with zero attached hydrogens (tertiary/aromatic N) is 1. The summed E-state index contributed by atoms with van der Waals surface area (Å²) in [7, 11) is 0. The van der Waals surface area contributed by atoms with Crippen LogP contribution in [0.1, 0.15) is 13.8 Å². The minimum atomic E-state index is -0.0313. The number of halogens is 2. The van der Waals surface area contributed by atoms with Crippen LogP contribution < -0.4 is 5.32 Å². The molecule has 0 aliphatic heterocycles. The Bertz CT molecular complexity index is 333. The number of hydrogen-bond acceptors (Lipinski definition) is 3. The molecule has 0 saturated heterocycles. The van der Waals surface area contributed by atoms with Crippen molar-refractivity contribution in [3.05, 3.63) is 21.8 Å². The Kier molecular flexibility index (Phi) is 4.83. The summed E-state index contributed by atoms with van der Waals surface area (Å²) in [5, 5.41) is 12.8. The number of anilines is 1. The first-order chi connectivity index (χ1) is 7.04. The second kappa shape index (κ2) is 5.68. The Balaban J connectivity index is 2.79. The lowest BCUT2D eigenvalue weighted by Gasteiger charge is -2.21. The van der Waals surface area contributed by atoms with E-state index >= 15 is 0 Å². The van der Waals surface area contributed by atoms with E-state index in [1.165, 1.54) is 0 Å². The van der Waals surface area contributed by atoms with Crippen LogP contribution in [0.25, 0.3) is 0 Å². The number of aliphatic hydroxyl groups is 1. The Labute approximate surface area is 103 Å². The molecule has 1 rings (SSSR count). The molecule has 1 unspecified atom stereocenters. The molecule has 0 aliphatic carbocycles. The number of nitrogens with one attached hydrogen (secondary N) is 1. The van der Waals surface area contributed by atoms with Crippen LogP contribution in [-0.4, -0.2) is 22.7 Å². The van der Waals surface area contributed by atoms with E-state index in [1.54, 1.807) is 12.3 Å². The quantitative estimate of drug-likeness (QED) is 0.897. The molecule has 1 atom stereocenters. The fourth-order valence-electron chi connectivity index (χ4n) is 1.12. The molecule has 0 fully saturated rings. The van der Waals surface area contributed by atoms with Crippen molar-refractivity contribution in [2.24, 2.45) is 5.92 Å². The Morgan fingerprint density at radius 1 is 1.60 bits per heavy atom. The molecule has 3 nitrogen and oxygen atoms in total. The lowest BCUT2D eigenvalue weighted by molar-refractivity contribution is 0.249. The van der Waals surface area contributed by atoms with Crippen molar-refractivity contribution in [2.75, 3.05) is 11.9 Å². The number of hydrogen-bond donors (Lipinski definition) is 2. The van der Waals surface area contributed by atoms with Crippen molar-refractivity contribution in [3.63, 3.8) is 0 Å². The van der Waals surface area contributed by atoms with Gasteiger partial charge in [0.25, 0.3) is 0 Å². The maximum atomic E-state index is 9.16. The maximum Gasteiger partial charge on any atom is 0.145 e. The summed E-state index contributed by atoms with van der Waals surface area (Å²) in [6.45, 7) is 4.12. The third-order valence-corrected chi connectivity index (χ3v) is 2.85. The fraction of sp³-hybridized carbons (Fsp3) is 0.500. The summed E-state index contributed by atoms with van der Waals surface area (Å²) >= 11 is 9.28. The largest absolute Gasteiger partial charge is 0.394 e. The zero-order valence-corrected chi connectivity index (χ0v) is 11.0. The average molecular weight is 294 g/mol. The van der Waals surface area contributed by atoms with Crippen LogP contribution in [0.3, 0.4) is 0 Å². The van der Waals surface area contributed by atoms with Gasteiger partial charge in [0, 0.05) is 10.7 Å². The highest BCUT2D eigenvalue weighted by molar-refractivity contribution is 9.10. The second-order valence-corrected chi connectivity index (χ2v) is 4.98. The van der Waals surface area contributed by atoms with Crippen LogP contribution in [0, 0.1) is 5.92 Å². The van der Waals surface area contributed by atoms with Gasteiger partial charge < -0.3 is 10.4 Å². The van der Waals surface area contributed by atoms with Gasteiger partial charge in [-0.2, -0.15) is 0 Å². The molecule has 1 heterocycles. The van der Waals surface area contributed by atoms with Crippen molar-refractivity contribution >= 4 is 33.3 Å². The summed E-state index contributed by atoms with van der Waals surface area (Å²) in [6.07, 6.45) is 1.67. The van der Waals surface area contributed by atoms with Crippen LogP contribution >= 0.6 is 27.5 Å². The van der Waals surface area contributed by atoms with E-state index in [-0.39, 0.29) is 12.6 Å². The molecule has 0 aliphatic rings.